The molecule has 0 spiro atoms. The summed E-state index contributed by atoms with van der Waals surface area (Å²) in [7, 11) is 3.42. The highest BCUT2D eigenvalue weighted by Crippen LogP contribution is 2.30. The number of hydrogen-bond donors (Lipinski definition) is 1. The summed E-state index contributed by atoms with van der Waals surface area (Å²) < 4.78 is 29.4. The molecule has 0 radical (unpaired) electrons. The molecule has 1 rings (SSSR count). The Bertz CT molecular complexity index is 1930. The van der Waals surface area contributed by atoms with E-state index in [4.69, 9.17) is 33.5 Å². The van der Waals surface area contributed by atoms with Gasteiger partial charge in [-0.25, -0.2) is 19.2 Å². The Labute approximate surface area is 432 Å². The van der Waals surface area contributed by atoms with Crippen LogP contribution in [0.25, 0.3) is 0 Å². The summed E-state index contributed by atoms with van der Waals surface area (Å²) >= 11 is 0. The number of amides is 1. The first-order chi connectivity index (χ1) is 33.5. The lowest BCUT2D eigenvalue weighted by Gasteiger charge is -2.19. The average Bonchev–Trinajstić information content (AvgIpc) is 4.08. The molecule has 15 heteroatoms. The summed E-state index contributed by atoms with van der Waals surface area (Å²) in [6.45, 7) is 45.6. The third-order valence-corrected chi connectivity index (χ3v) is 9.28. The number of carboxylic acids is 1. The van der Waals surface area contributed by atoms with Crippen molar-refractivity contribution in [3.63, 3.8) is 0 Å². The van der Waals surface area contributed by atoms with Gasteiger partial charge >= 0.3 is 35.8 Å². The number of carbonyl (C=O) groups is 7. The van der Waals surface area contributed by atoms with Crippen molar-refractivity contribution in [3.8, 4) is 0 Å². The third kappa shape index (κ3) is 37.6. The lowest BCUT2D eigenvalue weighted by molar-refractivity contribution is -0.157. The van der Waals surface area contributed by atoms with Crippen molar-refractivity contribution in [1.29, 1.82) is 0 Å². The molecule has 0 atom stereocenters. The van der Waals surface area contributed by atoms with Crippen LogP contribution in [-0.4, -0.2) is 111 Å². The highest BCUT2D eigenvalue weighted by molar-refractivity contribution is 5.93. The highest BCUT2D eigenvalue weighted by Gasteiger charge is 2.27. The summed E-state index contributed by atoms with van der Waals surface area (Å²) in [6, 6.07) is 0. The molecule has 15 nitrogen and oxygen atoms in total. The lowest BCUT2D eigenvalue weighted by Crippen LogP contribution is -2.31. The molecule has 406 valence electrons. The van der Waals surface area contributed by atoms with Crippen LogP contribution < -0.4 is 0 Å². The molecule has 0 unspecified atom stereocenters. The standard InChI is InChI=1S/C14H22O4.C12H19NO.C11H18O2.C10H14O4.C10H16O3/c1-7-11(10(2)3)13(16)17-9-8-12(15)18-14(4,5)6;1-5-11(9(2)3)12(14)13(4)8-10-6-7-10;1-5-7-8-13-11(12)10(6-2)9(3)4;1-4-8(7(2)3)10(13)14-6-5-9(11)12;1-5-9(8(2)3)10(11)13-7-6-12-4/h10H,1,8-9H2,2-6H3;9-10H,1,6-8H2,2-4H3;9H,2,5,7-8H2,1,3-4H3;7H,1,5-6H2,2-3H3,(H,11,12);8H,1,6-7H2,2-4H3. The Morgan fingerprint density at radius 1 is 0.556 bits per heavy atom. The molecule has 0 saturated heterocycles. The van der Waals surface area contributed by atoms with Crippen molar-refractivity contribution in [1.82, 2.24) is 4.90 Å². The first-order valence-corrected chi connectivity index (χ1v) is 24.3. The van der Waals surface area contributed by atoms with Gasteiger partial charge in [0.15, 0.2) is 0 Å². The SMILES string of the molecule is C=C=C(C(=O)N(C)CC1CC1)C(C)C.C=C=C(C(=O)OCCC(=O)O)C(C)C.C=C=C(C(=O)OCCC(=O)OC(C)(C)C)C(C)C.C=C=C(C(=O)OCCCC)C(C)C.C=C=C(C(=O)OCCOC)C(C)C. The fourth-order valence-corrected chi connectivity index (χ4v) is 5.24. The number of esters is 5. The molecule has 1 fully saturated rings. The molecule has 0 bridgehead atoms. The van der Waals surface area contributed by atoms with Gasteiger partial charge in [-0.1, -0.05) is 115 Å². The van der Waals surface area contributed by atoms with Crippen LogP contribution in [-0.2, 0) is 62.0 Å². The number of unbranched alkanes of at least 4 members (excludes halogenated alkanes) is 1. The van der Waals surface area contributed by atoms with Crippen LogP contribution >= 0.6 is 0 Å². The summed E-state index contributed by atoms with van der Waals surface area (Å²) in [4.78, 5) is 80.6. The number of methoxy groups -OCH3 is 1. The van der Waals surface area contributed by atoms with Crippen LogP contribution in [0.2, 0.25) is 0 Å². The third-order valence-electron chi connectivity index (χ3n) is 9.28. The van der Waals surface area contributed by atoms with Gasteiger partial charge in [0, 0.05) is 20.7 Å². The van der Waals surface area contributed by atoms with Crippen LogP contribution in [0, 0.1) is 35.5 Å². The Kier molecular flexibility index (Phi) is 41.7. The molecule has 0 aliphatic heterocycles. The molecular weight excluding hydrogens is 923 g/mol. The quantitative estimate of drug-likeness (QED) is 0.0315. The lowest BCUT2D eigenvalue weighted by atomic mass is 10.0. The molecule has 1 saturated carbocycles. The Morgan fingerprint density at radius 2 is 0.889 bits per heavy atom. The van der Waals surface area contributed by atoms with Crippen molar-refractivity contribution in [2.24, 2.45) is 35.5 Å². The predicted molar refractivity (Wildman–Crippen MR) is 281 cm³/mol. The van der Waals surface area contributed by atoms with Crippen LogP contribution in [0.4, 0.5) is 0 Å². The number of likely N-dealkylation sites (N-methyl/N-ethyl adjacent to an activating group) is 1. The van der Waals surface area contributed by atoms with Crippen LogP contribution in [0.3, 0.4) is 0 Å². The Hall–Kier alpha value is -6.15. The molecule has 1 aliphatic carbocycles. The van der Waals surface area contributed by atoms with Crippen molar-refractivity contribution >= 4 is 41.7 Å². The van der Waals surface area contributed by atoms with Gasteiger partial charge in [-0.15, -0.1) is 28.7 Å². The summed E-state index contributed by atoms with van der Waals surface area (Å²) in [6.07, 6.45) is 4.34. The van der Waals surface area contributed by atoms with Crippen molar-refractivity contribution in [3.05, 3.63) is 89.4 Å². The molecule has 0 aromatic heterocycles. The zero-order valence-corrected chi connectivity index (χ0v) is 46.7. The minimum absolute atomic E-state index is 0.00322. The van der Waals surface area contributed by atoms with Crippen molar-refractivity contribution in [2.75, 3.05) is 53.7 Å². The van der Waals surface area contributed by atoms with Crippen LogP contribution in [0.1, 0.15) is 135 Å². The number of nitrogens with zero attached hydrogens (tertiary/aromatic N) is 1. The maximum absolute atomic E-state index is 11.9. The second-order valence-electron chi connectivity index (χ2n) is 18.7. The van der Waals surface area contributed by atoms with E-state index in [1.165, 1.54) is 12.8 Å². The highest BCUT2D eigenvalue weighted by atomic mass is 16.6. The van der Waals surface area contributed by atoms with Gasteiger partial charge in [-0.3, -0.25) is 14.4 Å². The van der Waals surface area contributed by atoms with Gasteiger partial charge in [0.2, 0.25) is 0 Å². The normalized spacial score (nSPS) is 10.9. The summed E-state index contributed by atoms with van der Waals surface area (Å²) in [5, 5.41) is 8.31. The van der Waals surface area contributed by atoms with E-state index in [0.717, 1.165) is 25.3 Å². The van der Waals surface area contributed by atoms with Crippen LogP contribution in [0.15, 0.2) is 89.4 Å². The van der Waals surface area contributed by atoms with E-state index in [2.05, 4.69) is 68.5 Å². The predicted octanol–water partition coefficient (Wildman–Crippen LogP) is 10.5. The van der Waals surface area contributed by atoms with Crippen molar-refractivity contribution in [2.45, 2.75) is 141 Å². The molecule has 0 aromatic rings. The van der Waals surface area contributed by atoms with E-state index < -0.39 is 23.5 Å². The van der Waals surface area contributed by atoms with Gasteiger partial charge in [0.05, 0.1) is 53.9 Å². The second-order valence-corrected chi connectivity index (χ2v) is 18.7. The molecule has 1 N–H and O–H groups in total. The molecule has 72 heavy (non-hydrogen) atoms. The molecule has 0 aromatic carbocycles. The van der Waals surface area contributed by atoms with Crippen LogP contribution in [0.5, 0.6) is 0 Å². The van der Waals surface area contributed by atoms with E-state index in [0.29, 0.717) is 41.1 Å². The van der Waals surface area contributed by atoms with Gasteiger partial charge in [-0.2, -0.15) is 0 Å². The smallest absolute Gasteiger partial charge is 0.342 e. The number of hydrogen-bond acceptors (Lipinski definition) is 13. The molecule has 0 heterocycles. The second kappa shape index (κ2) is 41.5. The summed E-state index contributed by atoms with van der Waals surface area (Å²) in [5.74, 6) is -1.82. The number of carbonyl (C=O) groups excluding carboxylic acids is 6. The Balaban J connectivity index is -0.000000404. The topological polar surface area (TPSA) is 198 Å². The minimum Gasteiger partial charge on any atom is -0.481 e. The molecular formula is C57H89NO14. The molecule has 1 aliphatic rings. The van der Waals surface area contributed by atoms with Gasteiger partial charge in [0.25, 0.3) is 5.91 Å². The van der Waals surface area contributed by atoms with E-state index in [1.54, 1.807) is 32.8 Å². The average molecular weight is 1010 g/mol. The zero-order valence-electron chi connectivity index (χ0n) is 46.7. The van der Waals surface area contributed by atoms with Gasteiger partial charge in [-0.05, 0) is 75.5 Å². The fraction of sp³-hybridized carbons (Fsp3) is 0.614. The maximum atomic E-state index is 11.9. The van der Waals surface area contributed by atoms with Gasteiger partial charge in [0.1, 0.15) is 25.4 Å². The number of carboxylic acid groups (broad SMARTS) is 1. The van der Waals surface area contributed by atoms with E-state index in [1.807, 2.05) is 76.3 Å². The van der Waals surface area contributed by atoms with Gasteiger partial charge < -0.3 is 38.4 Å². The first-order valence-electron chi connectivity index (χ1n) is 24.3. The Morgan fingerprint density at radius 3 is 1.17 bits per heavy atom. The number of ether oxygens (including phenoxy) is 6. The van der Waals surface area contributed by atoms with E-state index in [-0.39, 0.29) is 86.1 Å². The minimum atomic E-state index is -0.994. The largest absolute Gasteiger partial charge is 0.481 e. The number of rotatable bonds is 24. The van der Waals surface area contributed by atoms with E-state index >= 15 is 0 Å². The number of aliphatic carboxylic acids is 1. The van der Waals surface area contributed by atoms with E-state index in [9.17, 15) is 33.6 Å². The monoisotopic (exact) mass is 1010 g/mol. The summed E-state index contributed by atoms with van der Waals surface area (Å²) in [5.41, 5.74) is 14.9. The van der Waals surface area contributed by atoms with Crippen molar-refractivity contribution < 1.29 is 67.1 Å². The fourth-order valence-electron chi connectivity index (χ4n) is 5.24. The first kappa shape index (κ1) is 72.4. The zero-order chi connectivity index (χ0) is 56.7. The maximum Gasteiger partial charge on any atom is 0.342 e. The molecule has 1 amide bonds.